The molecule has 0 aromatic heterocycles. The van der Waals surface area contributed by atoms with Crippen molar-refractivity contribution in [2.75, 3.05) is 6.61 Å². The molecule has 0 radical (unpaired) electrons. The molecule has 0 aliphatic carbocycles. The van der Waals surface area contributed by atoms with Gasteiger partial charge in [0.1, 0.15) is 0 Å². The minimum atomic E-state index is -0.363. The van der Waals surface area contributed by atoms with E-state index in [9.17, 15) is 4.79 Å². The number of thioether (sulfide) groups is 1. The maximum absolute atomic E-state index is 11.3. The summed E-state index contributed by atoms with van der Waals surface area (Å²) >= 11 is 4.70. The highest BCUT2D eigenvalue weighted by Crippen LogP contribution is 2.32. The highest BCUT2D eigenvalue weighted by atomic mass is 79.9. The Balaban J connectivity index is 2.67. The second-order valence-corrected chi connectivity index (χ2v) is 4.67. The Morgan fingerprint density at radius 2 is 2.20 bits per heavy atom. The zero-order valence-electron chi connectivity index (χ0n) is 8.33. The molecule has 0 amide bonds. The predicted molar refractivity (Wildman–Crippen MR) is 65.8 cm³/mol. The van der Waals surface area contributed by atoms with Gasteiger partial charge in [0.15, 0.2) is 0 Å². The lowest BCUT2D eigenvalue weighted by Gasteiger charge is -2.05. The standard InChI is InChI=1S/C11H11BrO2S/c1-3-14-11(13)8(2)15-10-7-5-4-6-9(10)12/h4-7H,2-3H2,1H3. The summed E-state index contributed by atoms with van der Waals surface area (Å²) in [6.07, 6.45) is 0. The fourth-order valence-electron chi connectivity index (χ4n) is 0.913. The fourth-order valence-corrected chi connectivity index (χ4v) is 2.16. The van der Waals surface area contributed by atoms with Crippen LogP contribution in [0, 0.1) is 0 Å². The molecule has 0 saturated heterocycles. The van der Waals surface area contributed by atoms with Crippen LogP contribution in [0.3, 0.4) is 0 Å². The summed E-state index contributed by atoms with van der Waals surface area (Å²) in [4.78, 5) is 12.6. The molecule has 1 aromatic carbocycles. The minimum Gasteiger partial charge on any atom is -0.462 e. The highest BCUT2D eigenvalue weighted by molar-refractivity contribution is 9.10. The molecule has 4 heteroatoms. The summed E-state index contributed by atoms with van der Waals surface area (Å²) in [5, 5.41) is 0. The molecule has 0 saturated carbocycles. The Labute approximate surface area is 102 Å². The van der Waals surface area contributed by atoms with Crippen LogP contribution in [0.5, 0.6) is 0 Å². The Hall–Kier alpha value is -0.740. The smallest absolute Gasteiger partial charge is 0.344 e. The van der Waals surface area contributed by atoms with Gasteiger partial charge in [0.2, 0.25) is 0 Å². The van der Waals surface area contributed by atoms with Gasteiger partial charge in [-0.15, -0.1) is 0 Å². The van der Waals surface area contributed by atoms with Gasteiger partial charge in [-0.3, -0.25) is 0 Å². The van der Waals surface area contributed by atoms with Gasteiger partial charge >= 0.3 is 5.97 Å². The average molecular weight is 287 g/mol. The van der Waals surface area contributed by atoms with E-state index in [2.05, 4.69) is 22.5 Å². The van der Waals surface area contributed by atoms with Gasteiger partial charge in [0, 0.05) is 9.37 Å². The molecular formula is C11H11BrO2S. The number of hydrogen-bond acceptors (Lipinski definition) is 3. The van der Waals surface area contributed by atoms with Crippen LogP contribution in [0.4, 0.5) is 0 Å². The van der Waals surface area contributed by atoms with Gasteiger partial charge in [0.25, 0.3) is 0 Å². The number of hydrogen-bond donors (Lipinski definition) is 0. The van der Waals surface area contributed by atoms with Crippen molar-refractivity contribution in [3.05, 3.63) is 40.2 Å². The lowest BCUT2D eigenvalue weighted by Crippen LogP contribution is -2.04. The number of halogens is 1. The van der Waals surface area contributed by atoms with Crippen molar-refractivity contribution < 1.29 is 9.53 Å². The Morgan fingerprint density at radius 3 is 2.80 bits per heavy atom. The number of ether oxygens (including phenoxy) is 1. The average Bonchev–Trinajstić information content (AvgIpc) is 2.21. The van der Waals surface area contributed by atoms with E-state index >= 15 is 0 Å². The SMILES string of the molecule is C=C(Sc1ccccc1Br)C(=O)OCC. The van der Waals surface area contributed by atoms with Gasteiger partial charge in [-0.05, 0) is 35.0 Å². The molecule has 0 bridgehead atoms. The number of carbonyl (C=O) groups excluding carboxylic acids is 1. The van der Waals surface area contributed by atoms with Crippen LogP contribution in [-0.2, 0) is 9.53 Å². The molecule has 0 unspecified atom stereocenters. The largest absolute Gasteiger partial charge is 0.462 e. The van der Waals surface area contributed by atoms with Gasteiger partial charge in [-0.25, -0.2) is 4.79 Å². The monoisotopic (exact) mass is 286 g/mol. The number of rotatable bonds is 4. The van der Waals surface area contributed by atoms with Crippen molar-refractivity contribution in [1.82, 2.24) is 0 Å². The van der Waals surface area contributed by atoms with Crippen LogP contribution in [0.1, 0.15) is 6.92 Å². The number of esters is 1. The van der Waals surface area contributed by atoms with Gasteiger partial charge in [-0.1, -0.05) is 30.5 Å². The third kappa shape index (κ3) is 3.72. The molecule has 0 heterocycles. The van der Waals surface area contributed by atoms with Crippen LogP contribution in [-0.4, -0.2) is 12.6 Å². The Kier molecular flexibility index (Phi) is 4.91. The summed E-state index contributed by atoms with van der Waals surface area (Å²) < 4.78 is 5.79. The van der Waals surface area contributed by atoms with Crippen molar-refractivity contribution in [3.8, 4) is 0 Å². The van der Waals surface area contributed by atoms with E-state index in [4.69, 9.17) is 4.74 Å². The van der Waals surface area contributed by atoms with Crippen LogP contribution in [0.25, 0.3) is 0 Å². The summed E-state index contributed by atoms with van der Waals surface area (Å²) in [7, 11) is 0. The van der Waals surface area contributed by atoms with E-state index in [1.807, 2.05) is 24.3 Å². The fraction of sp³-hybridized carbons (Fsp3) is 0.182. The zero-order valence-corrected chi connectivity index (χ0v) is 10.7. The summed E-state index contributed by atoms with van der Waals surface area (Å²) in [6, 6.07) is 7.66. The van der Waals surface area contributed by atoms with Crippen LogP contribution in [0.15, 0.2) is 45.1 Å². The Bertz CT molecular complexity index is 377. The van der Waals surface area contributed by atoms with Crippen molar-refractivity contribution >= 4 is 33.7 Å². The Morgan fingerprint density at radius 1 is 1.53 bits per heavy atom. The van der Waals surface area contributed by atoms with Crippen LogP contribution >= 0.6 is 27.7 Å². The van der Waals surface area contributed by atoms with Crippen molar-refractivity contribution in [3.63, 3.8) is 0 Å². The van der Waals surface area contributed by atoms with E-state index in [0.717, 1.165) is 9.37 Å². The number of benzene rings is 1. The quantitative estimate of drug-likeness (QED) is 0.480. The summed E-state index contributed by atoms with van der Waals surface area (Å²) in [5.41, 5.74) is 0. The third-order valence-electron chi connectivity index (χ3n) is 1.57. The molecule has 1 rings (SSSR count). The number of carbonyl (C=O) groups is 1. The summed E-state index contributed by atoms with van der Waals surface area (Å²) in [5.74, 6) is -0.363. The first-order valence-corrected chi connectivity index (χ1v) is 6.04. The first kappa shape index (κ1) is 12.3. The second-order valence-electron chi connectivity index (χ2n) is 2.68. The van der Waals surface area contributed by atoms with Crippen molar-refractivity contribution in [1.29, 1.82) is 0 Å². The molecule has 0 aliphatic heterocycles. The van der Waals surface area contributed by atoms with Gasteiger partial charge in [-0.2, -0.15) is 0 Å². The minimum absolute atomic E-state index is 0.363. The first-order valence-electron chi connectivity index (χ1n) is 4.43. The topological polar surface area (TPSA) is 26.3 Å². The highest BCUT2D eigenvalue weighted by Gasteiger charge is 2.10. The molecule has 0 fully saturated rings. The molecule has 0 atom stereocenters. The molecule has 1 aromatic rings. The first-order chi connectivity index (χ1) is 7.15. The maximum atomic E-state index is 11.3. The van der Waals surface area contributed by atoms with Gasteiger partial charge < -0.3 is 4.74 Å². The second kappa shape index (κ2) is 5.98. The molecule has 0 N–H and O–H groups in total. The lowest BCUT2D eigenvalue weighted by molar-refractivity contribution is -0.137. The van der Waals surface area contributed by atoms with E-state index in [0.29, 0.717) is 11.5 Å². The molecule has 80 valence electrons. The third-order valence-corrected chi connectivity index (χ3v) is 3.52. The van der Waals surface area contributed by atoms with Crippen LogP contribution < -0.4 is 0 Å². The van der Waals surface area contributed by atoms with E-state index in [1.54, 1.807) is 6.92 Å². The van der Waals surface area contributed by atoms with Crippen LogP contribution in [0.2, 0.25) is 0 Å². The van der Waals surface area contributed by atoms with Crippen molar-refractivity contribution in [2.45, 2.75) is 11.8 Å². The molecule has 0 aliphatic rings. The maximum Gasteiger partial charge on any atom is 0.344 e. The van der Waals surface area contributed by atoms with E-state index < -0.39 is 0 Å². The molecular weight excluding hydrogens is 276 g/mol. The zero-order chi connectivity index (χ0) is 11.3. The van der Waals surface area contributed by atoms with E-state index in [-0.39, 0.29) is 5.97 Å². The molecule has 0 spiro atoms. The van der Waals surface area contributed by atoms with Crippen molar-refractivity contribution in [2.24, 2.45) is 0 Å². The molecule has 15 heavy (non-hydrogen) atoms. The van der Waals surface area contributed by atoms with Gasteiger partial charge in [0.05, 0.1) is 11.5 Å². The molecule has 2 nitrogen and oxygen atoms in total. The lowest BCUT2D eigenvalue weighted by atomic mass is 10.4. The normalized spacial score (nSPS) is 9.73. The summed E-state index contributed by atoms with van der Waals surface area (Å²) in [6.45, 7) is 5.82. The van der Waals surface area contributed by atoms with E-state index in [1.165, 1.54) is 11.8 Å². The predicted octanol–water partition coefficient (Wildman–Crippen LogP) is 3.62.